The molecule has 5 nitrogen and oxygen atoms in total. The number of aromatic nitrogens is 1. The summed E-state index contributed by atoms with van der Waals surface area (Å²) < 4.78 is 35.0. The predicted octanol–water partition coefficient (Wildman–Crippen LogP) is 5.50. The van der Waals surface area contributed by atoms with Gasteiger partial charge in [-0.25, -0.2) is 4.98 Å². The summed E-state index contributed by atoms with van der Waals surface area (Å²) in [5.74, 6) is 0.601. The molecule has 1 aromatic heterocycles. The van der Waals surface area contributed by atoms with Crippen molar-refractivity contribution in [3.05, 3.63) is 70.2 Å². The van der Waals surface area contributed by atoms with Crippen molar-refractivity contribution >= 4 is 29.1 Å². The number of hydrogen-bond acceptors (Lipinski definition) is 4. The van der Waals surface area contributed by atoms with Gasteiger partial charge in [0.05, 0.1) is 11.2 Å². The molecular weight excluding hydrogens is 425 g/mol. The second kappa shape index (κ2) is 9.71. The molecule has 1 amide bonds. The summed E-state index contributed by atoms with van der Waals surface area (Å²) in [4.78, 5) is 16.2. The lowest BCUT2D eigenvalue weighted by molar-refractivity contribution is -0.121. The minimum atomic E-state index is -2.93. The standard InChI is InChI=1S/C20H16Cl2F2N2O3/c21-13-5-6-14(15(22)9-13)17-11-26-19(28-17)8-7-18(27)25-10-12-3-1-2-4-16(12)29-20(23)24/h1-6,9,11,20H,7-8,10H2,(H,25,27). The number of rotatable bonds is 8. The molecule has 1 heterocycles. The van der Waals surface area contributed by atoms with Crippen LogP contribution in [0.15, 0.2) is 53.1 Å². The fraction of sp³-hybridized carbons (Fsp3) is 0.200. The Bertz CT molecular complexity index is 995. The van der Waals surface area contributed by atoms with Gasteiger partial charge in [0, 0.05) is 35.5 Å². The van der Waals surface area contributed by atoms with Gasteiger partial charge in [-0.1, -0.05) is 41.4 Å². The Morgan fingerprint density at radius 1 is 1.21 bits per heavy atom. The zero-order valence-corrected chi connectivity index (χ0v) is 16.5. The first-order valence-electron chi connectivity index (χ1n) is 8.62. The normalized spacial score (nSPS) is 10.9. The zero-order chi connectivity index (χ0) is 20.8. The molecule has 152 valence electrons. The summed E-state index contributed by atoms with van der Waals surface area (Å²) in [7, 11) is 0. The van der Waals surface area contributed by atoms with Gasteiger partial charge in [-0.2, -0.15) is 8.78 Å². The second-order valence-electron chi connectivity index (χ2n) is 6.01. The molecule has 29 heavy (non-hydrogen) atoms. The lowest BCUT2D eigenvalue weighted by atomic mass is 10.2. The lowest BCUT2D eigenvalue weighted by Gasteiger charge is -2.11. The van der Waals surface area contributed by atoms with Crippen molar-refractivity contribution in [1.82, 2.24) is 10.3 Å². The molecule has 0 bridgehead atoms. The van der Waals surface area contributed by atoms with Gasteiger partial charge in [0.25, 0.3) is 0 Å². The molecule has 1 N–H and O–H groups in total. The highest BCUT2D eigenvalue weighted by Gasteiger charge is 2.13. The molecular formula is C20H16Cl2F2N2O3. The molecule has 3 rings (SSSR count). The van der Waals surface area contributed by atoms with E-state index in [9.17, 15) is 13.6 Å². The van der Waals surface area contributed by atoms with Gasteiger partial charge in [-0.15, -0.1) is 0 Å². The van der Waals surface area contributed by atoms with E-state index in [4.69, 9.17) is 27.6 Å². The average molecular weight is 441 g/mol. The fourth-order valence-electron chi connectivity index (χ4n) is 2.60. The van der Waals surface area contributed by atoms with Crippen LogP contribution in [-0.4, -0.2) is 17.5 Å². The number of aryl methyl sites for hydroxylation is 1. The second-order valence-corrected chi connectivity index (χ2v) is 6.85. The van der Waals surface area contributed by atoms with Crippen LogP contribution in [0.4, 0.5) is 8.78 Å². The number of hydrogen-bond donors (Lipinski definition) is 1. The topological polar surface area (TPSA) is 64.4 Å². The zero-order valence-electron chi connectivity index (χ0n) is 15.0. The van der Waals surface area contributed by atoms with E-state index in [-0.39, 0.29) is 31.0 Å². The lowest BCUT2D eigenvalue weighted by Crippen LogP contribution is -2.23. The monoisotopic (exact) mass is 440 g/mol. The molecule has 0 atom stereocenters. The number of carbonyl (C=O) groups is 1. The summed E-state index contributed by atoms with van der Waals surface area (Å²) in [5.41, 5.74) is 1.10. The van der Waals surface area contributed by atoms with E-state index in [0.717, 1.165) is 0 Å². The highest BCUT2D eigenvalue weighted by atomic mass is 35.5. The highest BCUT2D eigenvalue weighted by molar-refractivity contribution is 6.36. The van der Waals surface area contributed by atoms with Crippen LogP contribution < -0.4 is 10.1 Å². The Morgan fingerprint density at radius 2 is 2.00 bits per heavy atom. The van der Waals surface area contributed by atoms with Crippen molar-refractivity contribution in [1.29, 1.82) is 0 Å². The highest BCUT2D eigenvalue weighted by Crippen LogP contribution is 2.30. The van der Waals surface area contributed by atoms with Crippen LogP contribution in [0, 0.1) is 0 Å². The third-order valence-electron chi connectivity index (χ3n) is 3.98. The minimum Gasteiger partial charge on any atom is -0.441 e. The Balaban J connectivity index is 1.54. The number of para-hydroxylation sites is 1. The maximum Gasteiger partial charge on any atom is 0.387 e. The third kappa shape index (κ3) is 5.92. The molecule has 2 aromatic carbocycles. The van der Waals surface area contributed by atoms with E-state index in [1.807, 2.05) is 0 Å². The van der Waals surface area contributed by atoms with Crippen molar-refractivity contribution in [3.63, 3.8) is 0 Å². The van der Waals surface area contributed by atoms with E-state index >= 15 is 0 Å². The predicted molar refractivity (Wildman–Crippen MR) is 105 cm³/mol. The van der Waals surface area contributed by atoms with Crippen LogP contribution >= 0.6 is 23.2 Å². The van der Waals surface area contributed by atoms with Crippen LogP contribution in [0.2, 0.25) is 10.0 Å². The van der Waals surface area contributed by atoms with Gasteiger partial charge in [0.2, 0.25) is 5.91 Å². The van der Waals surface area contributed by atoms with E-state index in [2.05, 4.69) is 15.0 Å². The Hall–Kier alpha value is -2.64. The SMILES string of the molecule is O=C(CCc1ncc(-c2ccc(Cl)cc2Cl)o1)NCc1ccccc1OC(F)F. The summed E-state index contributed by atoms with van der Waals surface area (Å²) in [5, 5.41) is 3.61. The van der Waals surface area contributed by atoms with Crippen LogP contribution in [0.1, 0.15) is 17.9 Å². The van der Waals surface area contributed by atoms with Gasteiger partial charge >= 0.3 is 6.61 Å². The average Bonchev–Trinajstić information content (AvgIpc) is 3.14. The number of nitrogens with zero attached hydrogens (tertiary/aromatic N) is 1. The quantitative estimate of drug-likeness (QED) is 0.502. The number of amides is 1. The number of nitrogens with one attached hydrogen (secondary N) is 1. The number of oxazole rings is 1. The summed E-state index contributed by atoms with van der Waals surface area (Å²) in [6.45, 7) is -2.86. The van der Waals surface area contributed by atoms with E-state index in [1.165, 1.54) is 12.3 Å². The first kappa shape index (κ1) is 21.1. The fourth-order valence-corrected chi connectivity index (χ4v) is 3.10. The molecule has 3 aromatic rings. The van der Waals surface area contributed by atoms with Crippen LogP contribution in [0.3, 0.4) is 0 Å². The van der Waals surface area contributed by atoms with Crippen molar-refractivity contribution in [3.8, 4) is 17.1 Å². The molecule has 0 radical (unpaired) electrons. The van der Waals surface area contributed by atoms with Crippen molar-refractivity contribution in [2.75, 3.05) is 0 Å². The number of alkyl halides is 2. The Morgan fingerprint density at radius 3 is 2.76 bits per heavy atom. The molecule has 0 aliphatic rings. The van der Waals surface area contributed by atoms with Gasteiger partial charge in [0.1, 0.15) is 5.75 Å². The molecule has 0 saturated carbocycles. The van der Waals surface area contributed by atoms with Gasteiger partial charge in [-0.05, 0) is 24.3 Å². The Labute approximate surface area is 175 Å². The van der Waals surface area contributed by atoms with Crippen molar-refractivity contribution < 1.29 is 22.7 Å². The Kier molecular flexibility index (Phi) is 7.06. The molecule has 0 unspecified atom stereocenters. The van der Waals surface area contributed by atoms with Crippen LogP contribution in [-0.2, 0) is 17.8 Å². The van der Waals surface area contributed by atoms with E-state index in [0.29, 0.717) is 32.8 Å². The molecule has 9 heteroatoms. The molecule has 0 aliphatic heterocycles. The maximum absolute atomic E-state index is 12.4. The summed E-state index contributed by atoms with van der Waals surface area (Å²) in [6.07, 6.45) is 1.92. The minimum absolute atomic E-state index is 0.0278. The molecule has 0 spiro atoms. The summed E-state index contributed by atoms with van der Waals surface area (Å²) >= 11 is 12.0. The number of ether oxygens (including phenoxy) is 1. The van der Waals surface area contributed by atoms with E-state index in [1.54, 1.807) is 36.4 Å². The van der Waals surface area contributed by atoms with Crippen LogP contribution in [0.5, 0.6) is 5.75 Å². The molecule has 0 saturated heterocycles. The first-order valence-corrected chi connectivity index (χ1v) is 9.37. The van der Waals surface area contributed by atoms with Gasteiger partial charge in [-0.3, -0.25) is 4.79 Å². The first-order chi connectivity index (χ1) is 13.9. The van der Waals surface area contributed by atoms with Crippen molar-refractivity contribution in [2.24, 2.45) is 0 Å². The maximum atomic E-state index is 12.4. The van der Waals surface area contributed by atoms with Crippen molar-refractivity contribution in [2.45, 2.75) is 26.0 Å². The third-order valence-corrected chi connectivity index (χ3v) is 4.53. The molecule has 0 fully saturated rings. The summed E-state index contributed by atoms with van der Waals surface area (Å²) in [6, 6.07) is 11.3. The van der Waals surface area contributed by atoms with Crippen LogP contribution in [0.25, 0.3) is 11.3 Å². The number of benzene rings is 2. The van der Waals surface area contributed by atoms with E-state index < -0.39 is 6.61 Å². The van der Waals surface area contributed by atoms with Gasteiger partial charge in [0.15, 0.2) is 11.7 Å². The van der Waals surface area contributed by atoms with Gasteiger partial charge < -0.3 is 14.5 Å². The number of carbonyl (C=O) groups excluding carboxylic acids is 1. The molecule has 0 aliphatic carbocycles. The number of halogens is 4. The smallest absolute Gasteiger partial charge is 0.387 e. The largest absolute Gasteiger partial charge is 0.441 e.